The van der Waals surface area contributed by atoms with Crippen LogP contribution < -0.4 is 10.1 Å². The highest BCUT2D eigenvalue weighted by Gasteiger charge is 2.13. The van der Waals surface area contributed by atoms with Crippen LogP contribution in [0.3, 0.4) is 0 Å². The first-order chi connectivity index (χ1) is 9.60. The van der Waals surface area contributed by atoms with E-state index < -0.39 is 23.2 Å². The first-order valence-electron chi connectivity index (χ1n) is 6.22. The van der Waals surface area contributed by atoms with Gasteiger partial charge in [-0.15, -0.1) is 0 Å². The molecule has 0 amide bonds. The predicted molar refractivity (Wildman–Crippen MR) is 70.2 cm³/mol. The van der Waals surface area contributed by atoms with E-state index in [1.54, 1.807) is 0 Å². The van der Waals surface area contributed by atoms with Gasteiger partial charge in [0.1, 0.15) is 11.6 Å². The maximum atomic E-state index is 13.8. The van der Waals surface area contributed by atoms with Gasteiger partial charge in [-0.1, -0.05) is 6.92 Å². The Morgan fingerprint density at radius 3 is 2.15 bits per heavy atom. The lowest BCUT2D eigenvalue weighted by Gasteiger charge is -2.10. The number of ether oxygens (including phenoxy) is 1. The molecule has 0 saturated carbocycles. The lowest BCUT2D eigenvalue weighted by Crippen LogP contribution is -2.12. The molecule has 2 nitrogen and oxygen atoms in total. The molecule has 2 rings (SSSR count). The van der Waals surface area contributed by atoms with E-state index in [1.807, 2.05) is 6.92 Å². The minimum absolute atomic E-state index is 0.170. The van der Waals surface area contributed by atoms with E-state index in [2.05, 4.69) is 5.32 Å². The Morgan fingerprint density at radius 2 is 1.60 bits per heavy atom. The maximum Gasteiger partial charge on any atom is 0.198 e. The SMILES string of the molecule is CCNCc1cc(F)c(Oc2ccc(F)cc2)c(F)c1. The topological polar surface area (TPSA) is 21.3 Å². The third kappa shape index (κ3) is 3.51. The van der Waals surface area contributed by atoms with Crippen molar-refractivity contribution in [1.82, 2.24) is 5.32 Å². The molecule has 0 saturated heterocycles. The van der Waals surface area contributed by atoms with E-state index in [0.717, 1.165) is 12.1 Å². The zero-order valence-corrected chi connectivity index (χ0v) is 10.9. The first-order valence-corrected chi connectivity index (χ1v) is 6.22. The average Bonchev–Trinajstić information content (AvgIpc) is 2.42. The molecule has 0 fully saturated rings. The highest BCUT2D eigenvalue weighted by Crippen LogP contribution is 2.28. The second kappa shape index (κ2) is 6.43. The first kappa shape index (κ1) is 14.4. The zero-order chi connectivity index (χ0) is 14.5. The highest BCUT2D eigenvalue weighted by atomic mass is 19.1. The van der Waals surface area contributed by atoms with Gasteiger partial charge in [-0.25, -0.2) is 13.2 Å². The van der Waals surface area contributed by atoms with Crippen molar-refractivity contribution in [3.8, 4) is 11.5 Å². The Hall–Kier alpha value is -2.01. The Balaban J connectivity index is 2.21. The molecule has 0 aliphatic heterocycles. The molecule has 0 radical (unpaired) electrons. The van der Waals surface area contributed by atoms with Crippen LogP contribution in [-0.2, 0) is 6.54 Å². The molecule has 0 spiro atoms. The zero-order valence-electron chi connectivity index (χ0n) is 10.9. The van der Waals surface area contributed by atoms with Crippen LogP contribution in [0.1, 0.15) is 12.5 Å². The normalized spacial score (nSPS) is 10.6. The van der Waals surface area contributed by atoms with Gasteiger partial charge in [0.25, 0.3) is 0 Å². The molecular formula is C15H14F3NO. The smallest absolute Gasteiger partial charge is 0.198 e. The monoisotopic (exact) mass is 281 g/mol. The number of nitrogens with one attached hydrogen (secondary N) is 1. The van der Waals surface area contributed by atoms with Gasteiger partial charge < -0.3 is 10.1 Å². The van der Waals surface area contributed by atoms with E-state index >= 15 is 0 Å². The minimum Gasteiger partial charge on any atom is -0.451 e. The van der Waals surface area contributed by atoms with Crippen LogP contribution in [0, 0.1) is 17.5 Å². The summed E-state index contributed by atoms with van der Waals surface area (Å²) in [4.78, 5) is 0. The molecule has 1 N–H and O–H groups in total. The van der Waals surface area contributed by atoms with E-state index in [9.17, 15) is 13.2 Å². The van der Waals surface area contributed by atoms with Crippen molar-refractivity contribution in [2.75, 3.05) is 6.54 Å². The standard InChI is InChI=1S/C15H14F3NO/c1-2-19-9-10-7-13(17)15(14(18)8-10)20-12-5-3-11(16)4-6-12/h3-8,19H,2,9H2,1H3. The lowest BCUT2D eigenvalue weighted by molar-refractivity contribution is 0.405. The largest absolute Gasteiger partial charge is 0.451 e. The lowest BCUT2D eigenvalue weighted by atomic mass is 10.2. The van der Waals surface area contributed by atoms with Crippen LogP contribution in [-0.4, -0.2) is 6.54 Å². The van der Waals surface area contributed by atoms with Gasteiger partial charge in [0.05, 0.1) is 0 Å². The summed E-state index contributed by atoms with van der Waals surface area (Å²) in [5.41, 5.74) is 0.494. The summed E-state index contributed by atoms with van der Waals surface area (Å²) in [6.45, 7) is 2.98. The van der Waals surface area contributed by atoms with E-state index in [1.165, 1.54) is 24.3 Å². The van der Waals surface area contributed by atoms with Crippen molar-refractivity contribution < 1.29 is 17.9 Å². The van der Waals surface area contributed by atoms with Crippen molar-refractivity contribution in [2.45, 2.75) is 13.5 Å². The summed E-state index contributed by atoms with van der Waals surface area (Å²) in [7, 11) is 0. The number of rotatable bonds is 5. The van der Waals surface area contributed by atoms with Gasteiger partial charge in [0, 0.05) is 6.54 Å². The molecule has 20 heavy (non-hydrogen) atoms. The molecule has 0 unspecified atom stereocenters. The van der Waals surface area contributed by atoms with Crippen LogP contribution in [0.2, 0.25) is 0 Å². The van der Waals surface area contributed by atoms with Crippen molar-refractivity contribution in [2.24, 2.45) is 0 Å². The Morgan fingerprint density at radius 1 is 1.00 bits per heavy atom. The van der Waals surface area contributed by atoms with Crippen molar-refractivity contribution in [1.29, 1.82) is 0 Å². The number of benzene rings is 2. The Bertz CT molecular complexity index is 561. The van der Waals surface area contributed by atoms with Crippen molar-refractivity contribution in [3.05, 3.63) is 59.4 Å². The van der Waals surface area contributed by atoms with Gasteiger partial charge in [-0.2, -0.15) is 0 Å². The summed E-state index contributed by atoms with van der Waals surface area (Å²) in [6.07, 6.45) is 0. The fourth-order valence-electron chi connectivity index (χ4n) is 1.70. The van der Waals surface area contributed by atoms with Crippen LogP contribution in [0.25, 0.3) is 0 Å². The second-order valence-electron chi connectivity index (χ2n) is 4.22. The quantitative estimate of drug-likeness (QED) is 0.894. The molecule has 0 atom stereocenters. The van der Waals surface area contributed by atoms with E-state index in [-0.39, 0.29) is 5.75 Å². The summed E-state index contributed by atoms with van der Waals surface area (Å²) in [6, 6.07) is 7.35. The molecule has 106 valence electrons. The molecule has 2 aromatic rings. The Labute approximate surface area is 115 Å². The molecule has 0 aliphatic carbocycles. The average molecular weight is 281 g/mol. The van der Waals surface area contributed by atoms with Gasteiger partial charge in [-0.3, -0.25) is 0 Å². The molecule has 0 bridgehead atoms. The summed E-state index contributed by atoms with van der Waals surface area (Å²) in [5, 5.41) is 2.98. The predicted octanol–water partition coefficient (Wildman–Crippen LogP) is 4.01. The van der Waals surface area contributed by atoms with Gasteiger partial charge in [0.2, 0.25) is 0 Å². The number of hydrogen-bond acceptors (Lipinski definition) is 2. The molecule has 5 heteroatoms. The third-order valence-electron chi connectivity index (χ3n) is 2.67. The minimum atomic E-state index is -0.790. The molecule has 0 heterocycles. The maximum absolute atomic E-state index is 13.8. The highest BCUT2D eigenvalue weighted by molar-refractivity contribution is 5.36. The van der Waals surface area contributed by atoms with Crippen molar-refractivity contribution >= 4 is 0 Å². The van der Waals surface area contributed by atoms with Crippen LogP contribution in [0.15, 0.2) is 36.4 Å². The molecule has 0 aliphatic rings. The number of hydrogen-bond donors (Lipinski definition) is 1. The second-order valence-corrected chi connectivity index (χ2v) is 4.22. The van der Waals surface area contributed by atoms with Crippen molar-refractivity contribution in [3.63, 3.8) is 0 Å². The van der Waals surface area contributed by atoms with Gasteiger partial charge in [-0.05, 0) is 48.5 Å². The van der Waals surface area contributed by atoms with Gasteiger partial charge in [0.15, 0.2) is 17.4 Å². The van der Waals surface area contributed by atoms with E-state index in [4.69, 9.17) is 4.74 Å². The molecule has 0 aromatic heterocycles. The van der Waals surface area contributed by atoms with E-state index in [0.29, 0.717) is 18.7 Å². The van der Waals surface area contributed by atoms with Crippen LogP contribution >= 0.6 is 0 Å². The summed E-state index contributed by atoms with van der Waals surface area (Å²) < 4.78 is 45.5. The van der Waals surface area contributed by atoms with Crippen LogP contribution in [0.5, 0.6) is 11.5 Å². The third-order valence-corrected chi connectivity index (χ3v) is 2.67. The van der Waals surface area contributed by atoms with Crippen LogP contribution in [0.4, 0.5) is 13.2 Å². The fraction of sp³-hybridized carbons (Fsp3) is 0.200. The summed E-state index contributed by atoms with van der Waals surface area (Å²) >= 11 is 0. The summed E-state index contributed by atoms with van der Waals surface area (Å²) in [5.74, 6) is -2.34. The number of halogens is 3. The molecular weight excluding hydrogens is 267 g/mol. The fourth-order valence-corrected chi connectivity index (χ4v) is 1.70. The van der Waals surface area contributed by atoms with Gasteiger partial charge >= 0.3 is 0 Å². The molecule has 2 aromatic carbocycles. The Kier molecular flexibility index (Phi) is 4.63.